The van der Waals surface area contributed by atoms with E-state index in [0.29, 0.717) is 12.6 Å². The van der Waals surface area contributed by atoms with Crippen LogP contribution in [0, 0.1) is 0 Å². The molecule has 1 saturated heterocycles. The molecule has 6 heteroatoms. The summed E-state index contributed by atoms with van der Waals surface area (Å²) in [6.45, 7) is 5.52. The molecule has 1 aliphatic rings. The lowest BCUT2D eigenvalue weighted by atomic mass is 10.0. The average molecular weight is 293 g/mol. The Balaban J connectivity index is 1.75. The topological polar surface area (TPSA) is 62.2 Å². The molecule has 0 unspecified atom stereocenters. The lowest BCUT2D eigenvalue weighted by Gasteiger charge is -2.31. The molecule has 0 spiro atoms. The van der Waals surface area contributed by atoms with Gasteiger partial charge in [0.05, 0.1) is 12.2 Å². The second-order valence-electron chi connectivity index (χ2n) is 5.73. The van der Waals surface area contributed by atoms with E-state index in [2.05, 4.69) is 33.8 Å². The summed E-state index contributed by atoms with van der Waals surface area (Å²) < 4.78 is 1.89. The summed E-state index contributed by atoms with van der Waals surface area (Å²) in [7, 11) is 3.66. The molecular weight excluding hydrogens is 266 g/mol. The van der Waals surface area contributed by atoms with Gasteiger partial charge in [0.25, 0.3) is 0 Å². The summed E-state index contributed by atoms with van der Waals surface area (Å²) in [5, 5.41) is 10.8. The van der Waals surface area contributed by atoms with E-state index in [9.17, 15) is 4.79 Å². The van der Waals surface area contributed by atoms with Gasteiger partial charge < -0.3 is 10.6 Å². The molecule has 1 aromatic rings. The van der Waals surface area contributed by atoms with Crippen LogP contribution in [0.5, 0.6) is 0 Å². The molecule has 0 aliphatic carbocycles. The number of nitrogens with one attached hydrogen (secondary N) is 2. The van der Waals surface area contributed by atoms with Crippen molar-refractivity contribution < 1.29 is 4.79 Å². The van der Waals surface area contributed by atoms with Crippen LogP contribution in [0.4, 0.5) is 0 Å². The highest BCUT2D eigenvalue weighted by Crippen LogP contribution is 2.12. The number of aryl methyl sites for hydroxylation is 2. The summed E-state index contributed by atoms with van der Waals surface area (Å²) >= 11 is 0. The number of rotatable bonds is 6. The van der Waals surface area contributed by atoms with E-state index < -0.39 is 0 Å². The predicted octanol–water partition coefficient (Wildman–Crippen LogP) is 0.283. The molecule has 0 bridgehead atoms. The molecule has 0 radical (unpaired) electrons. The minimum atomic E-state index is 0.101. The van der Waals surface area contributed by atoms with Gasteiger partial charge in [0, 0.05) is 51.5 Å². The summed E-state index contributed by atoms with van der Waals surface area (Å²) in [6, 6.07) is 0.538. The standard InChI is InChI=1S/C15H27N5O/c1-4-14-12(10-19(3)18-14)9-17-13-5-7-20(8-6-13)11-15(21)16-2/h10,13,17H,4-9,11H2,1-3H3,(H,16,21). The van der Waals surface area contributed by atoms with E-state index in [1.54, 1.807) is 7.05 Å². The predicted molar refractivity (Wildman–Crippen MR) is 83.0 cm³/mol. The molecule has 6 nitrogen and oxygen atoms in total. The minimum Gasteiger partial charge on any atom is -0.358 e. The highest BCUT2D eigenvalue weighted by molar-refractivity contribution is 5.77. The third-order valence-electron chi connectivity index (χ3n) is 4.14. The highest BCUT2D eigenvalue weighted by atomic mass is 16.1. The van der Waals surface area contributed by atoms with Gasteiger partial charge in [-0.1, -0.05) is 6.92 Å². The molecule has 2 rings (SSSR count). The lowest BCUT2D eigenvalue weighted by Crippen LogP contribution is -2.45. The molecule has 118 valence electrons. The lowest BCUT2D eigenvalue weighted by molar-refractivity contribution is -0.122. The van der Waals surface area contributed by atoms with E-state index in [-0.39, 0.29) is 5.91 Å². The van der Waals surface area contributed by atoms with Crippen molar-refractivity contribution in [2.45, 2.75) is 38.8 Å². The fourth-order valence-electron chi connectivity index (χ4n) is 2.86. The number of hydrogen-bond donors (Lipinski definition) is 2. The maximum atomic E-state index is 11.4. The van der Waals surface area contributed by atoms with Gasteiger partial charge in [-0.15, -0.1) is 0 Å². The molecule has 2 N–H and O–H groups in total. The number of piperidine rings is 1. The second-order valence-corrected chi connectivity index (χ2v) is 5.73. The van der Waals surface area contributed by atoms with Crippen molar-refractivity contribution in [2.24, 2.45) is 7.05 Å². The number of carbonyl (C=O) groups is 1. The summed E-state index contributed by atoms with van der Waals surface area (Å²) in [6.07, 6.45) is 5.27. The van der Waals surface area contributed by atoms with Crippen LogP contribution >= 0.6 is 0 Å². The van der Waals surface area contributed by atoms with Gasteiger partial charge in [0.2, 0.25) is 5.91 Å². The first-order valence-electron chi connectivity index (χ1n) is 7.80. The fourth-order valence-corrected chi connectivity index (χ4v) is 2.86. The van der Waals surface area contributed by atoms with Crippen LogP contribution in [0.15, 0.2) is 6.20 Å². The van der Waals surface area contributed by atoms with Gasteiger partial charge in [-0.25, -0.2) is 0 Å². The Bertz CT molecular complexity index is 463. The average Bonchev–Trinajstić information content (AvgIpc) is 2.86. The molecule has 0 atom stereocenters. The van der Waals surface area contributed by atoms with Crippen LogP contribution in [0.3, 0.4) is 0 Å². The van der Waals surface area contributed by atoms with E-state index in [4.69, 9.17) is 0 Å². The number of hydrogen-bond acceptors (Lipinski definition) is 4. The molecule has 0 aromatic carbocycles. The Morgan fingerprint density at radius 3 is 2.76 bits per heavy atom. The molecule has 1 aromatic heterocycles. The van der Waals surface area contributed by atoms with Gasteiger partial charge >= 0.3 is 0 Å². The van der Waals surface area contributed by atoms with Crippen molar-refractivity contribution in [3.8, 4) is 0 Å². The minimum absolute atomic E-state index is 0.101. The number of carbonyl (C=O) groups excluding carboxylic acids is 1. The van der Waals surface area contributed by atoms with Crippen LogP contribution in [0.2, 0.25) is 0 Å². The second kappa shape index (κ2) is 7.56. The third-order valence-corrected chi connectivity index (χ3v) is 4.14. The van der Waals surface area contributed by atoms with Gasteiger partial charge in [-0.05, 0) is 19.3 Å². The van der Waals surface area contributed by atoms with E-state index in [0.717, 1.165) is 38.9 Å². The first-order valence-corrected chi connectivity index (χ1v) is 7.80. The quantitative estimate of drug-likeness (QED) is 0.791. The van der Waals surface area contributed by atoms with Crippen LogP contribution in [-0.4, -0.2) is 53.3 Å². The first-order chi connectivity index (χ1) is 10.1. The first kappa shape index (κ1) is 16.0. The van der Waals surface area contributed by atoms with Crippen molar-refractivity contribution in [2.75, 3.05) is 26.7 Å². The molecule has 21 heavy (non-hydrogen) atoms. The number of aromatic nitrogens is 2. The summed E-state index contributed by atoms with van der Waals surface area (Å²) in [4.78, 5) is 13.6. The molecule has 1 fully saturated rings. The van der Waals surface area contributed by atoms with Crippen molar-refractivity contribution in [1.29, 1.82) is 0 Å². The summed E-state index contributed by atoms with van der Waals surface area (Å²) in [5.74, 6) is 0.101. The Hall–Kier alpha value is -1.40. The van der Waals surface area contributed by atoms with E-state index in [1.165, 1.54) is 11.3 Å². The SMILES string of the molecule is CCc1nn(C)cc1CNC1CCN(CC(=O)NC)CC1. The van der Waals surface area contributed by atoms with Gasteiger partial charge in [-0.2, -0.15) is 5.10 Å². The highest BCUT2D eigenvalue weighted by Gasteiger charge is 2.20. The number of likely N-dealkylation sites (N-methyl/N-ethyl adjacent to an activating group) is 1. The van der Waals surface area contributed by atoms with Gasteiger partial charge in [-0.3, -0.25) is 14.4 Å². The van der Waals surface area contributed by atoms with Crippen LogP contribution in [-0.2, 0) is 24.8 Å². The molecule has 2 heterocycles. The van der Waals surface area contributed by atoms with Crippen molar-refractivity contribution in [1.82, 2.24) is 25.3 Å². The molecular formula is C15H27N5O. The normalized spacial score (nSPS) is 17.1. The zero-order chi connectivity index (χ0) is 15.2. The molecule has 1 amide bonds. The van der Waals surface area contributed by atoms with Crippen molar-refractivity contribution in [3.63, 3.8) is 0 Å². The largest absolute Gasteiger partial charge is 0.358 e. The Labute approximate surface area is 126 Å². The third kappa shape index (κ3) is 4.54. The van der Waals surface area contributed by atoms with Crippen molar-refractivity contribution in [3.05, 3.63) is 17.5 Å². The van der Waals surface area contributed by atoms with E-state index in [1.807, 2.05) is 11.7 Å². The number of nitrogens with zero attached hydrogens (tertiary/aromatic N) is 3. The van der Waals surface area contributed by atoms with Crippen molar-refractivity contribution >= 4 is 5.91 Å². The fraction of sp³-hybridized carbons (Fsp3) is 0.733. The maximum Gasteiger partial charge on any atom is 0.233 e. The molecule has 0 saturated carbocycles. The van der Waals surface area contributed by atoms with Crippen LogP contribution in [0.1, 0.15) is 31.0 Å². The zero-order valence-corrected chi connectivity index (χ0v) is 13.4. The Morgan fingerprint density at radius 1 is 1.43 bits per heavy atom. The Kier molecular flexibility index (Phi) is 5.76. The van der Waals surface area contributed by atoms with Gasteiger partial charge in [0.1, 0.15) is 0 Å². The zero-order valence-electron chi connectivity index (χ0n) is 13.4. The molecule has 1 aliphatic heterocycles. The smallest absolute Gasteiger partial charge is 0.233 e. The Morgan fingerprint density at radius 2 is 2.14 bits per heavy atom. The number of amides is 1. The summed E-state index contributed by atoms with van der Waals surface area (Å²) in [5.41, 5.74) is 2.48. The van der Waals surface area contributed by atoms with E-state index >= 15 is 0 Å². The van der Waals surface area contributed by atoms with Crippen LogP contribution in [0.25, 0.3) is 0 Å². The monoisotopic (exact) mass is 293 g/mol. The van der Waals surface area contributed by atoms with Gasteiger partial charge in [0.15, 0.2) is 0 Å². The van der Waals surface area contributed by atoms with Crippen LogP contribution < -0.4 is 10.6 Å². The number of likely N-dealkylation sites (tertiary alicyclic amines) is 1. The maximum absolute atomic E-state index is 11.4.